The first-order chi connectivity index (χ1) is 12.8. The summed E-state index contributed by atoms with van der Waals surface area (Å²) in [5, 5.41) is 5.24. The zero-order valence-electron chi connectivity index (χ0n) is 16.0. The zero-order chi connectivity index (χ0) is 17.9. The Morgan fingerprint density at radius 1 is 1.19 bits per heavy atom. The van der Waals surface area contributed by atoms with Gasteiger partial charge in [0.1, 0.15) is 0 Å². The largest absolute Gasteiger partial charge is 0.343 e. The van der Waals surface area contributed by atoms with E-state index in [4.69, 9.17) is 0 Å². The molecule has 1 unspecified atom stereocenters. The van der Waals surface area contributed by atoms with Crippen LogP contribution in [0.2, 0.25) is 0 Å². The minimum atomic E-state index is 0.628. The lowest BCUT2D eigenvalue weighted by molar-refractivity contribution is 0.428. The monoisotopic (exact) mass is 347 g/mol. The standard InChI is InChI=1S/C23H29N3/c1-3-4-7-19-14-21-20-8-5-6-9-22(20)26(23(21)16-25-19)13-12-18-11-10-17(2)24-15-18/h5-6,8-11,15,19,25H,3-4,7,12-14,16H2,1-2H3. The van der Waals surface area contributed by atoms with Crippen LogP contribution in [0, 0.1) is 6.92 Å². The van der Waals surface area contributed by atoms with E-state index in [-0.39, 0.29) is 0 Å². The number of nitrogens with one attached hydrogen (secondary N) is 1. The van der Waals surface area contributed by atoms with Crippen molar-refractivity contribution in [2.24, 2.45) is 0 Å². The summed E-state index contributed by atoms with van der Waals surface area (Å²) < 4.78 is 2.54. The van der Waals surface area contributed by atoms with Crippen molar-refractivity contribution in [2.75, 3.05) is 0 Å². The Balaban J connectivity index is 1.62. The minimum absolute atomic E-state index is 0.628. The smallest absolute Gasteiger partial charge is 0.0485 e. The molecule has 0 saturated carbocycles. The molecule has 0 bridgehead atoms. The second kappa shape index (κ2) is 7.63. The molecule has 3 heteroatoms. The normalized spacial score (nSPS) is 16.8. The van der Waals surface area contributed by atoms with Gasteiger partial charge < -0.3 is 9.88 Å². The van der Waals surface area contributed by atoms with E-state index in [1.807, 2.05) is 13.1 Å². The van der Waals surface area contributed by atoms with Gasteiger partial charge in [0.05, 0.1) is 0 Å². The summed E-state index contributed by atoms with van der Waals surface area (Å²) in [5.41, 5.74) is 6.84. The first-order valence-electron chi connectivity index (χ1n) is 10.00. The second-order valence-electron chi connectivity index (χ2n) is 7.58. The van der Waals surface area contributed by atoms with Gasteiger partial charge in [-0.15, -0.1) is 0 Å². The molecule has 1 aliphatic rings. The highest BCUT2D eigenvalue weighted by atomic mass is 15.0. The van der Waals surface area contributed by atoms with Gasteiger partial charge in [0.25, 0.3) is 0 Å². The summed E-state index contributed by atoms with van der Waals surface area (Å²) in [7, 11) is 0. The fourth-order valence-corrected chi connectivity index (χ4v) is 4.21. The number of fused-ring (bicyclic) bond motifs is 3. The van der Waals surface area contributed by atoms with E-state index in [2.05, 4.69) is 58.2 Å². The summed E-state index contributed by atoms with van der Waals surface area (Å²) in [5.74, 6) is 0. The summed E-state index contributed by atoms with van der Waals surface area (Å²) in [6, 6.07) is 13.9. The molecular formula is C23H29N3. The fourth-order valence-electron chi connectivity index (χ4n) is 4.21. The maximum atomic E-state index is 4.45. The Bertz CT molecular complexity index is 876. The number of hydrogen-bond donors (Lipinski definition) is 1. The molecule has 1 N–H and O–H groups in total. The lowest BCUT2D eigenvalue weighted by atomic mass is 9.95. The third-order valence-electron chi connectivity index (χ3n) is 5.71. The van der Waals surface area contributed by atoms with E-state index >= 15 is 0 Å². The Morgan fingerprint density at radius 2 is 2.08 bits per heavy atom. The highest BCUT2D eigenvalue weighted by Crippen LogP contribution is 2.31. The van der Waals surface area contributed by atoms with Crippen LogP contribution < -0.4 is 5.32 Å². The Morgan fingerprint density at radius 3 is 2.88 bits per heavy atom. The molecule has 2 aromatic heterocycles. The SMILES string of the molecule is CCCCC1Cc2c(n(CCc3ccc(C)nc3)c3ccccc23)CN1. The lowest BCUT2D eigenvalue weighted by Crippen LogP contribution is -2.36. The zero-order valence-corrected chi connectivity index (χ0v) is 16.0. The fraction of sp³-hybridized carbons (Fsp3) is 0.435. The van der Waals surface area contributed by atoms with Gasteiger partial charge in [0.15, 0.2) is 0 Å². The quantitative estimate of drug-likeness (QED) is 0.695. The van der Waals surface area contributed by atoms with Crippen LogP contribution in [0.3, 0.4) is 0 Å². The number of nitrogens with zero attached hydrogens (tertiary/aromatic N) is 2. The van der Waals surface area contributed by atoms with Crippen LogP contribution in [0.15, 0.2) is 42.6 Å². The molecule has 3 nitrogen and oxygen atoms in total. The lowest BCUT2D eigenvalue weighted by Gasteiger charge is -2.25. The number of para-hydroxylation sites is 1. The average molecular weight is 348 g/mol. The van der Waals surface area contributed by atoms with Crippen molar-refractivity contribution >= 4 is 10.9 Å². The minimum Gasteiger partial charge on any atom is -0.343 e. The van der Waals surface area contributed by atoms with Gasteiger partial charge >= 0.3 is 0 Å². The first kappa shape index (κ1) is 17.3. The molecule has 0 spiro atoms. The molecule has 1 atom stereocenters. The number of rotatable bonds is 6. The molecule has 1 aromatic carbocycles. The highest BCUT2D eigenvalue weighted by Gasteiger charge is 2.24. The van der Waals surface area contributed by atoms with Crippen LogP contribution in [0.4, 0.5) is 0 Å². The third kappa shape index (κ3) is 3.41. The van der Waals surface area contributed by atoms with Gasteiger partial charge in [-0.2, -0.15) is 0 Å². The van der Waals surface area contributed by atoms with Crippen LogP contribution >= 0.6 is 0 Å². The van der Waals surface area contributed by atoms with Gasteiger partial charge in [-0.1, -0.05) is 44.0 Å². The number of benzene rings is 1. The van der Waals surface area contributed by atoms with E-state index in [0.717, 1.165) is 31.6 Å². The van der Waals surface area contributed by atoms with Crippen molar-refractivity contribution in [3.05, 3.63) is 65.1 Å². The van der Waals surface area contributed by atoms with E-state index in [0.29, 0.717) is 6.04 Å². The molecule has 26 heavy (non-hydrogen) atoms. The van der Waals surface area contributed by atoms with Crippen molar-refractivity contribution < 1.29 is 0 Å². The van der Waals surface area contributed by atoms with Crippen molar-refractivity contribution in [3.63, 3.8) is 0 Å². The molecule has 136 valence electrons. The summed E-state index contributed by atoms with van der Waals surface area (Å²) >= 11 is 0. The summed E-state index contributed by atoms with van der Waals surface area (Å²) in [4.78, 5) is 4.45. The van der Waals surface area contributed by atoms with E-state index in [9.17, 15) is 0 Å². The number of unbranched alkanes of at least 4 members (excludes halogenated alkanes) is 1. The van der Waals surface area contributed by atoms with Crippen LogP contribution in [-0.2, 0) is 25.9 Å². The molecule has 4 rings (SSSR count). The van der Waals surface area contributed by atoms with Crippen molar-refractivity contribution in [3.8, 4) is 0 Å². The first-order valence-corrected chi connectivity index (χ1v) is 10.00. The van der Waals surface area contributed by atoms with Gasteiger partial charge in [-0.25, -0.2) is 0 Å². The van der Waals surface area contributed by atoms with Crippen molar-refractivity contribution in [2.45, 2.75) is 65.1 Å². The van der Waals surface area contributed by atoms with Crippen molar-refractivity contribution in [1.82, 2.24) is 14.9 Å². The summed E-state index contributed by atoms with van der Waals surface area (Å²) in [6.07, 6.45) is 8.08. The Kier molecular flexibility index (Phi) is 5.07. The van der Waals surface area contributed by atoms with Crippen LogP contribution in [0.1, 0.15) is 48.7 Å². The molecule has 1 aliphatic heterocycles. The average Bonchev–Trinajstić information content (AvgIpc) is 2.99. The number of pyridine rings is 1. The topological polar surface area (TPSA) is 29.9 Å². The van der Waals surface area contributed by atoms with E-state index in [1.54, 1.807) is 5.56 Å². The van der Waals surface area contributed by atoms with Crippen LogP contribution in [0.5, 0.6) is 0 Å². The molecule has 3 aromatic rings. The van der Waals surface area contributed by atoms with Crippen LogP contribution in [-0.4, -0.2) is 15.6 Å². The maximum absolute atomic E-state index is 4.45. The van der Waals surface area contributed by atoms with Gasteiger partial charge in [0.2, 0.25) is 0 Å². The highest BCUT2D eigenvalue weighted by molar-refractivity contribution is 5.86. The number of aromatic nitrogens is 2. The molecule has 0 aliphatic carbocycles. The molecule has 3 heterocycles. The third-order valence-corrected chi connectivity index (χ3v) is 5.71. The molecule has 0 fully saturated rings. The number of hydrogen-bond acceptors (Lipinski definition) is 2. The second-order valence-corrected chi connectivity index (χ2v) is 7.58. The summed E-state index contributed by atoms with van der Waals surface area (Å²) in [6.45, 7) is 6.33. The van der Waals surface area contributed by atoms with Crippen LogP contribution in [0.25, 0.3) is 10.9 Å². The molecule has 0 saturated heterocycles. The predicted molar refractivity (Wildman–Crippen MR) is 108 cm³/mol. The predicted octanol–water partition coefficient (Wildman–Crippen LogP) is 4.79. The number of aryl methyl sites for hydroxylation is 3. The van der Waals surface area contributed by atoms with Gasteiger partial charge in [0, 0.05) is 47.6 Å². The van der Waals surface area contributed by atoms with E-state index < -0.39 is 0 Å². The van der Waals surface area contributed by atoms with E-state index in [1.165, 1.54) is 41.4 Å². The van der Waals surface area contributed by atoms with Gasteiger partial charge in [-0.3, -0.25) is 4.98 Å². The Labute approximate surface area is 156 Å². The van der Waals surface area contributed by atoms with Gasteiger partial charge in [-0.05, 0) is 49.4 Å². The molecular weight excluding hydrogens is 318 g/mol. The maximum Gasteiger partial charge on any atom is 0.0485 e. The molecule has 0 amide bonds. The Hall–Kier alpha value is -2.13. The van der Waals surface area contributed by atoms with Crippen molar-refractivity contribution in [1.29, 1.82) is 0 Å². The molecule has 0 radical (unpaired) electrons.